The molecule has 5 aliphatic rings. The third kappa shape index (κ3) is 4.45. The van der Waals surface area contributed by atoms with Gasteiger partial charge in [0.2, 0.25) is 11.8 Å². The Labute approximate surface area is 220 Å². The van der Waals surface area contributed by atoms with Crippen LogP contribution in [-0.4, -0.2) is 72.7 Å². The molecule has 2 amide bonds. The molecule has 200 valence electrons. The second-order valence-electron chi connectivity index (χ2n) is 11.0. The highest BCUT2D eigenvalue weighted by Crippen LogP contribution is 2.56. The van der Waals surface area contributed by atoms with Gasteiger partial charge < -0.3 is 24.4 Å². The van der Waals surface area contributed by atoms with Gasteiger partial charge in [0.1, 0.15) is 11.5 Å². The van der Waals surface area contributed by atoms with E-state index in [-0.39, 0.29) is 23.5 Å². The van der Waals surface area contributed by atoms with Crippen LogP contribution in [0.25, 0.3) is 0 Å². The minimum absolute atomic E-state index is 0.0335. The fraction of sp³-hybridized carbons (Fsp3) is 0.600. The van der Waals surface area contributed by atoms with Crippen molar-refractivity contribution in [1.29, 1.82) is 0 Å². The normalized spacial score (nSPS) is 31.2. The Morgan fingerprint density at radius 2 is 2.16 bits per heavy atom. The molecule has 4 unspecified atom stereocenters. The zero-order chi connectivity index (χ0) is 26.2. The third-order valence-electron chi connectivity index (χ3n) is 8.76. The quantitative estimate of drug-likeness (QED) is 0.514. The van der Waals surface area contributed by atoms with Gasteiger partial charge in [-0.1, -0.05) is 36.8 Å². The first-order valence-corrected chi connectivity index (χ1v) is 13.8. The minimum Gasteiger partial charge on any atom is -0.508 e. The van der Waals surface area contributed by atoms with Crippen LogP contribution >= 0.6 is 0 Å². The monoisotopic (exact) mass is 508 g/mol. The van der Waals surface area contributed by atoms with E-state index in [1.54, 1.807) is 13.2 Å². The lowest BCUT2D eigenvalue weighted by Crippen LogP contribution is -2.65. The van der Waals surface area contributed by atoms with Gasteiger partial charge in [0, 0.05) is 63.3 Å². The van der Waals surface area contributed by atoms with Gasteiger partial charge in [0.15, 0.2) is 0 Å². The molecule has 4 atom stereocenters. The lowest BCUT2D eigenvalue weighted by atomic mass is 9.58. The summed E-state index contributed by atoms with van der Waals surface area (Å²) >= 11 is 0. The first kappa shape index (κ1) is 25.8. The summed E-state index contributed by atoms with van der Waals surface area (Å²) in [6.07, 6.45) is 14.1. The van der Waals surface area contributed by atoms with Crippen LogP contribution in [0.15, 0.2) is 58.6 Å². The van der Waals surface area contributed by atoms with E-state index in [0.717, 1.165) is 42.7 Å². The highest BCUT2D eigenvalue weighted by atomic mass is 16.5. The Morgan fingerprint density at radius 3 is 2.92 bits per heavy atom. The fourth-order valence-electron chi connectivity index (χ4n) is 7.03. The fourth-order valence-corrected chi connectivity index (χ4v) is 7.03. The van der Waals surface area contributed by atoms with Crippen molar-refractivity contribution in [2.45, 2.75) is 58.4 Å². The molecule has 0 aromatic rings. The first-order valence-electron chi connectivity index (χ1n) is 13.8. The maximum absolute atomic E-state index is 14.7. The van der Waals surface area contributed by atoms with Gasteiger partial charge in [-0.05, 0) is 44.1 Å². The van der Waals surface area contributed by atoms with E-state index in [1.807, 2.05) is 22.8 Å². The smallest absolute Gasteiger partial charge is 0.235 e. The van der Waals surface area contributed by atoms with E-state index >= 15 is 0 Å². The number of fused-ring (bicyclic) bond motifs is 3. The summed E-state index contributed by atoms with van der Waals surface area (Å²) in [5, 5.41) is 11.6. The molecule has 3 aliphatic carbocycles. The zero-order valence-corrected chi connectivity index (χ0v) is 22.4. The molecular weight excluding hydrogens is 468 g/mol. The number of carbonyl (C=O) groups is 2. The predicted molar refractivity (Wildman–Crippen MR) is 141 cm³/mol. The molecule has 1 N–H and O–H groups in total. The first-order chi connectivity index (χ1) is 17.9. The van der Waals surface area contributed by atoms with Gasteiger partial charge in [0.05, 0.1) is 18.6 Å². The number of hydrogen-bond acceptors (Lipinski definition) is 5. The Bertz CT molecular complexity index is 1100. The number of amides is 2. The molecule has 0 aromatic heterocycles. The van der Waals surface area contributed by atoms with E-state index in [4.69, 9.17) is 9.47 Å². The molecule has 0 saturated carbocycles. The van der Waals surface area contributed by atoms with E-state index < -0.39 is 11.5 Å². The number of allylic oxidation sites excluding steroid dienone is 6. The molecule has 5 rings (SSSR count). The average molecular weight is 509 g/mol. The number of aliphatic hydroxyl groups is 1. The van der Waals surface area contributed by atoms with Crippen molar-refractivity contribution in [2.75, 3.05) is 40.0 Å². The van der Waals surface area contributed by atoms with E-state index in [9.17, 15) is 14.7 Å². The number of likely N-dealkylation sites (tertiary alicyclic amines) is 2. The summed E-state index contributed by atoms with van der Waals surface area (Å²) in [5.41, 5.74) is 1.88. The van der Waals surface area contributed by atoms with Crippen molar-refractivity contribution in [3.8, 4) is 0 Å². The van der Waals surface area contributed by atoms with Crippen molar-refractivity contribution in [2.24, 2.45) is 17.3 Å². The Balaban J connectivity index is 1.68. The lowest BCUT2D eigenvalue weighted by molar-refractivity contribution is -0.154. The molecule has 0 spiro atoms. The van der Waals surface area contributed by atoms with Gasteiger partial charge in [0.25, 0.3) is 0 Å². The molecule has 2 heterocycles. The van der Waals surface area contributed by atoms with Crippen LogP contribution in [0.3, 0.4) is 0 Å². The maximum Gasteiger partial charge on any atom is 0.235 e. The van der Waals surface area contributed by atoms with E-state index in [2.05, 4.69) is 25.2 Å². The molecule has 7 heteroatoms. The van der Waals surface area contributed by atoms with Crippen molar-refractivity contribution in [3.63, 3.8) is 0 Å². The molecule has 0 aromatic carbocycles. The van der Waals surface area contributed by atoms with Crippen LogP contribution in [0.2, 0.25) is 0 Å². The van der Waals surface area contributed by atoms with Crippen LogP contribution in [0.1, 0.15) is 52.4 Å². The molecule has 2 aliphatic heterocycles. The number of nitrogens with zero attached hydrogens (tertiary/aromatic N) is 2. The minimum atomic E-state index is -0.929. The lowest BCUT2D eigenvalue weighted by Gasteiger charge is -2.55. The average Bonchev–Trinajstić information content (AvgIpc) is 3.15. The molecule has 37 heavy (non-hydrogen) atoms. The number of ether oxygens (including phenoxy) is 2. The van der Waals surface area contributed by atoms with Crippen LogP contribution in [0, 0.1) is 17.3 Å². The molecule has 2 saturated heterocycles. The topological polar surface area (TPSA) is 79.3 Å². The second-order valence-corrected chi connectivity index (χ2v) is 11.0. The molecular formula is C30H40N2O5. The van der Waals surface area contributed by atoms with Gasteiger partial charge in [-0.2, -0.15) is 0 Å². The highest BCUT2D eigenvalue weighted by Gasteiger charge is 2.60. The standard InChI is InChI=1S/C30H40N2O5/c1-4-37-15-7-14-32-26(34)11-12-30(29(35)31-13-6-8-20(2)19-31)22-10-5-9-21-16-23(36-3)18-25(33)27(28(30)32)24(21)17-22/h5,9-10,17-18,20,24,28,33H,4,6-8,11-16,19H2,1-3H3. The maximum atomic E-state index is 14.7. The third-order valence-corrected chi connectivity index (χ3v) is 8.76. The zero-order valence-electron chi connectivity index (χ0n) is 22.4. The number of piperidine rings is 2. The summed E-state index contributed by atoms with van der Waals surface area (Å²) in [6, 6.07) is -0.552. The SMILES string of the molecule is CCOCCCN1C(=O)CCC2(C(=O)N3CCCC(C)C3)C3=CC4C(=CC=C3)CC(OC)=CC(O)=C4C12. The summed E-state index contributed by atoms with van der Waals surface area (Å²) in [4.78, 5) is 32.1. The van der Waals surface area contributed by atoms with E-state index in [1.165, 1.54) is 0 Å². The Hall–Kier alpha value is -2.80. The van der Waals surface area contributed by atoms with E-state index in [0.29, 0.717) is 57.1 Å². The number of methoxy groups -OCH3 is 1. The Morgan fingerprint density at radius 1 is 1.32 bits per heavy atom. The number of carbonyl (C=O) groups excluding carboxylic acids is 2. The van der Waals surface area contributed by atoms with Gasteiger partial charge in [-0.15, -0.1) is 0 Å². The highest BCUT2D eigenvalue weighted by molar-refractivity contribution is 5.93. The molecule has 0 radical (unpaired) electrons. The molecule has 2 bridgehead atoms. The van der Waals surface area contributed by atoms with Crippen molar-refractivity contribution in [3.05, 3.63) is 58.6 Å². The predicted octanol–water partition coefficient (Wildman–Crippen LogP) is 4.45. The number of rotatable bonds is 7. The summed E-state index contributed by atoms with van der Waals surface area (Å²) in [7, 11) is 1.61. The van der Waals surface area contributed by atoms with Gasteiger partial charge in [-0.3, -0.25) is 9.59 Å². The largest absolute Gasteiger partial charge is 0.508 e. The molecule has 2 fully saturated rings. The van der Waals surface area contributed by atoms with Crippen molar-refractivity contribution in [1.82, 2.24) is 9.80 Å². The second kappa shape index (κ2) is 10.5. The van der Waals surface area contributed by atoms with Crippen LogP contribution in [0.4, 0.5) is 0 Å². The number of hydrogen-bond donors (Lipinski definition) is 1. The van der Waals surface area contributed by atoms with Crippen molar-refractivity contribution >= 4 is 11.8 Å². The van der Waals surface area contributed by atoms with Crippen molar-refractivity contribution < 1.29 is 24.2 Å². The van der Waals surface area contributed by atoms with Crippen LogP contribution in [0.5, 0.6) is 0 Å². The number of aliphatic hydroxyl groups excluding tert-OH is 1. The van der Waals surface area contributed by atoms with Crippen LogP contribution < -0.4 is 0 Å². The summed E-state index contributed by atoms with van der Waals surface area (Å²) in [6.45, 7) is 7.28. The summed E-state index contributed by atoms with van der Waals surface area (Å²) < 4.78 is 11.2. The van der Waals surface area contributed by atoms with Gasteiger partial charge >= 0.3 is 0 Å². The Kier molecular flexibility index (Phi) is 7.35. The van der Waals surface area contributed by atoms with Gasteiger partial charge in [-0.25, -0.2) is 0 Å². The van der Waals surface area contributed by atoms with Crippen LogP contribution in [-0.2, 0) is 19.1 Å². The summed E-state index contributed by atoms with van der Waals surface area (Å²) in [5.74, 6) is 1.15. The molecule has 7 nitrogen and oxygen atoms in total.